The molecule has 2 atom stereocenters. The first kappa shape index (κ1) is 19.4. The Bertz CT molecular complexity index is 1150. The van der Waals surface area contributed by atoms with Crippen molar-refractivity contribution < 1.29 is 19.1 Å². The zero-order chi connectivity index (χ0) is 21.4. The normalized spacial score (nSPS) is 20.2. The molecule has 0 unspecified atom stereocenters. The van der Waals surface area contributed by atoms with E-state index in [1.807, 2.05) is 54.6 Å². The molecule has 2 amide bonds. The molecular weight excluding hydrogens is 394 g/mol. The summed E-state index contributed by atoms with van der Waals surface area (Å²) in [5, 5.41) is 3.92. The fourth-order valence-electron chi connectivity index (χ4n) is 4.47. The summed E-state index contributed by atoms with van der Waals surface area (Å²) in [4.78, 5) is 43.0. The molecule has 0 spiro atoms. The maximum atomic E-state index is 13.1. The number of hydrogen-bond donors (Lipinski definition) is 2. The number of nitrogens with one attached hydrogen (secondary N) is 2. The van der Waals surface area contributed by atoms with Gasteiger partial charge in [-0.15, -0.1) is 0 Å². The third-order valence-electron chi connectivity index (χ3n) is 6.08. The molecule has 2 aliphatic rings. The topological polar surface area (TPSA) is 91.5 Å². The highest BCUT2D eigenvalue weighted by Gasteiger charge is 2.43. The summed E-state index contributed by atoms with van der Waals surface area (Å²) in [6.45, 7) is 0.567. The minimum Gasteiger partial charge on any atom is -0.461 e. The smallest absolute Gasteiger partial charge is 0.306 e. The Morgan fingerprint density at radius 3 is 2.68 bits per heavy atom. The minimum atomic E-state index is -0.709. The van der Waals surface area contributed by atoms with Gasteiger partial charge < -0.3 is 19.9 Å². The lowest BCUT2D eigenvalue weighted by atomic mass is 9.92. The molecular formula is C24H23N3O4. The van der Waals surface area contributed by atoms with E-state index >= 15 is 0 Å². The van der Waals surface area contributed by atoms with Gasteiger partial charge in [0, 0.05) is 29.4 Å². The van der Waals surface area contributed by atoms with Crippen molar-refractivity contribution >= 4 is 28.7 Å². The van der Waals surface area contributed by atoms with Crippen LogP contribution >= 0.6 is 0 Å². The van der Waals surface area contributed by atoms with Crippen LogP contribution in [-0.2, 0) is 38.7 Å². The number of piperazine rings is 1. The molecule has 158 valence electrons. The summed E-state index contributed by atoms with van der Waals surface area (Å²) >= 11 is 0. The van der Waals surface area contributed by atoms with Crippen molar-refractivity contribution in [2.75, 3.05) is 0 Å². The quantitative estimate of drug-likeness (QED) is 0.624. The summed E-state index contributed by atoms with van der Waals surface area (Å²) < 4.78 is 5.29. The number of ether oxygens (including phenoxy) is 1. The van der Waals surface area contributed by atoms with E-state index in [-0.39, 0.29) is 37.2 Å². The Balaban J connectivity index is 1.24. The number of amides is 2. The van der Waals surface area contributed by atoms with E-state index in [1.54, 1.807) is 4.90 Å². The number of esters is 1. The number of aromatic amines is 1. The molecule has 2 aromatic carbocycles. The molecule has 5 rings (SSSR count). The molecule has 0 bridgehead atoms. The third kappa shape index (κ3) is 3.67. The number of rotatable bonds is 5. The number of benzene rings is 2. The number of aromatic nitrogens is 1. The second-order valence-electron chi connectivity index (χ2n) is 8.06. The molecule has 0 saturated carbocycles. The van der Waals surface area contributed by atoms with Gasteiger partial charge >= 0.3 is 5.97 Å². The van der Waals surface area contributed by atoms with Crippen molar-refractivity contribution in [3.8, 4) is 0 Å². The van der Waals surface area contributed by atoms with E-state index in [0.29, 0.717) is 13.0 Å². The summed E-state index contributed by atoms with van der Waals surface area (Å²) in [6, 6.07) is 16.2. The van der Waals surface area contributed by atoms with Crippen LogP contribution in [0.25, 0.3) is 10.9 Å². The lowest BCUT2D eigenvalue weighted by Gasteiger charge is -2.41. The van der Waals surface area contributed by atoms with Crippen molar-refractivity contribution in [3.05, 3.63) is 71.4 Å². The predicted octanol–water partition coefficient (Wildman–Crippen LogP) is 2.44. The Morgan fingerprint density at radius 2 is 1.84 bits per heavy atom. The van der Waals surface area contributed by atoms with Crippen LogP contribution in [0.1, 0.15) is 29.7 Å². The Hall–Kier alpha value is -3.61. The zero-order valence-electron chi connectivity index (χ0n) is 17.0. The molecule has 2 N–H and O–H groups in total. The molecule has 1 saturated heterocycles. The van der Waals surface area contributed by atoms with Gasteiger partial charge in [0.05, 0.1) is 6.54 Å². The largest absolute Gasteiger partial charge is 0.461 e. The lowest BCUT2D eigenvalue weighted by molar-refractivity contribution is -0.152. The van der Waals surface area contributed by atoms with Crippen molar-refractivity contribution in [1.29, 1.82) is 0 Å². The molecule has 2 aliphatic heterocycles. The predicted molar refractivity (Wildman–Crippen MR) is 114 cm³/mol. The Kier molecular flexibility index (Phi) is 4.94. The van der Waals surface area contributed by atoms with Crippen LogP contribution in [0, 0.1) is 0 Å². The molecule has 7 heteroatoms. The van der Waals surface area contributed by atoms with E-state index in [2.05, 4.69) is 10.3 Å². The molecule has 0 aliphatic carbocycles. The number of carbonyl (C=O) groups excluding carboxylic acids is 3. The van der Waals surface area contributed by atoms with Gasteiger partial charge in [-0.05, 0) is 23.6 Å². The number of fused-ring (bicyclic) bond motifs is 4. The van der Waals surface area contributed by atoms with E-state index in [1.165, 1.54) is 0 Å². The Labute approximate surface area is 179 Å². The maximum Gasteiger partial charge on any atom is 0.306 e. The van der Waals surface area contributed by atoms with Crippen LogP contribution in [0.15, 0.2) is 54.6 Å². The molecule has 7 nitrogen and oxygen atoms in total. The van der Waals surface area contributed by atoms with Gasteiger partial charge in [-0.1, -0.05) is 48.5 Å². The van der Waals surface area contributed by atoms with E-state index in [0.717, 1.165) is 27.7 Å². The van der Waals surface area contributed by atoms with E-state index in [9.17, 15) is 14.4 Å². The van der Waals surface area contributed by atoms with Crippen molar-refractivity contribution in [3.63, 3.8) is 0 Å². The second-order valence-corrected chi connectivity index (χ2v) is 8.06. The number of para-hydroxylation sites is 1. The number of H-pyrrole nitrogens is 1. The second kappa shape index (κ2) is 7.91. The first-order valence-electron chi connectivity index (χ1n) is 10.5. The third-order valence-corrected chi connectivity index (χ3v) is 6.08. The van der Waals surface area contributed by atoms with Crippen LogP contribution in [0.2, 0.25) is 0 Å². The maximum absolute atomic E-state index is 13.1. The molecule has 1 aromatic heterocycles. The highest BCUT2D eigenvalue weighted by Crippen LogP contribution is 2.32. The average Bonchev–Trinajstić information content (AvgIpc) is 3.16. The number of nitrogens with zero attached hydrogens (tertiary/aromatic N) is 1. The minimum absolute atomic E-state index is 0.0691. The van der Waals surface area contributed by atoms with Gasteiger partial charge in [-0.25, -0.2) is 0 Å². The highest BCUT2D eigenvalue weighted by molar-refractivity contribution is 5.98. The van der Waals surface area contributed by atoms with Gasteiger partial charge in [0.2, 0.25) is 11.8 Å². The number of carbonyl (C=O) groups is 3. The average molecular weight is 417 g/mol. The molecule has 3 aromatic rings. The van der Waals surface area contributed by atoms with Gasteiger partial charge in [0.25, 0.3) is 0 Å². The van der Waals surface area contributed by atoms with Gasteiger partial charge in [-0.3, -0.25) is 14.4 Å². The summed E-state index contributed by atoms with van der Waals surface area (Å²) in [5.74, 6) is -0.701. The first-order valence-corrected chi connectivity index (χ1v) is 10.5. The first-order chi connectivity index (χ1) is 15.1. The van der Waals surface area contributed by atoms with Gasteiger partial charge in [0.1, 0.15) is 18.7 Å². The molecule has 31 heavy (non-hydrogen) atoms. The summed E-state index contributed by atoms with van der Waals surface area (Å²) in [7, 11) is 0. The van der Waals surface area contributed by atoms with E-state index < -0.39 is 12.1 Å². The fraction of sp³-hybridized carbons (Fsp3) is 0.292. The summed E-state index contributed by atoms with van der Waals surface area (Å²) in [5.41, 5.74) is 3.99. The van der Waals surface area contributed by atoms with Crippen LogP contribution < -0.4 is 5.32 Å². The SMILES string of the molecule is O=C(CC[C@@H]1NC(=O)[C@@H]2Cc3c([nH]c4ccccc34)CN2C1=O)OCc1ccccc1. The van der Waals surface area contributed by atoms with Gasteiger partial charge in [0.15, 0.2) is 0 Å². The fourth-order valence-corrected chi connectivity index (χ4v) is 4.47. The number of hydrogen-bond acceptors (Lipinski definition) is 4. The standard InChI is InChI=1S/C24H23N3O4/c28-22(31-14-15-6-2-1-3-7-15)11-10-19-24(30)27-13-20-17(12-21(27)23(29)26-19)16-8-4-5-9-18(16)25-20/h1-9,19,21,25H,10-14H2,(H,26,29)/t19-,21-/m0/s1. The monoisotopic (exact) mass is 417 g/mol. The summed E-state index contributed by atoms with van der Waals surface area (Å²) in [6.07, 6.45) is 0.781. The van der Waals surface area contributed by atoms with Crippen molar-refractivity contribution in [1.82, 2.24) is 15.2 Å². The van der Waals surface area contributed by atoms with Crippen LogP contribution in [0.5, 0.6) is 0 Å². The molecule has 0 radical (unpaired) electrons. The molecule has 1 fully saturated rings. The molecule has 3 heterocycles. The van der Waals surface area contributed by atoms with Crippen molar-refractivity contribution in [2.24, 2.45) is 0 Å². The van der Waals surface area contributed by atoms with Gasteiger partial charge in [-0.2, -0.15) is 0 Å². The zero-order valence-corrected chi connectivity index (χ0v) is 17.0. The van der Waals surface area contributed by atoms with Crippen LogP contribution in [0.4, 0.5) is 0 Å². The Morgan fingerprint density at radius 1 is 1.06 bits per heavy atom. The van der Waals surface area contributed by atoms with Crippen molar-refractivity contribution in [2.45, 2.75) is 44.5 Å². The van der Waals surface area contributed by atoms with Crippen LogP contribution in [0.3, 0.4) is 0 Å². The highest BCUT2D eigenvalue weighted by atomic mass is 16.5. The van der Waals surface area contributed by atoms with E-state index in [4.69, 9.17) is 4.74 Å². The van der Waals surface area contributed by atoms with Crippen LogP contribution in [-0.4, -0.2) is 39.8 Å². The lowest BCUT2D eigenvalue weighted by Crippen LogP contribution is -2.64.